The van der Waals surface area contributed by atoms with Crippen molar-refractivity contribution in [1.82, 2.24) is 4.98 Å². The molecule has 2 aromatic rings. The van der Waals surface area contributed by atoms with E-state index in [0.717, 1.165) is 11.1 Å². The highest BCUT2D eigenvalue weighted by atomic mass is 19.1. The highest BCUT2D eigenvalue weighted by Gasteiger charge is 2.38. The van der Waals surface area contributed by atoms with Gasteiger partial charge in [0.25, 0.3) is 5.91 Å². The maximum absolute atomic E-state index is 13.8. The average Bonchev–Trinajstić information content (AvgIpc) is 3.20. The highest BCUT2D eigenvalue weighted by Crippen LogP contribution is 2.44. The third-order valence-electron chi connectivity index (χ3n) is 4.98. The maximum atomic E-state index is 13.8. The van der Waals surface area contributed by atoms with E-state index in [0.29, 0.717) is 28.4 Å². The van der Waals surface area contributed by atoms with Gasteiger partial charge in [-0.05, 0) is 50.3 Å². The second kappa shape index (κ2) is 7.29. The minimum atomic E-state index is -0.721. The standard InChI is InChI=1S/C22H20FN3O4/c1-22(2)15(12-4-7-18(24-10-12)25-11-19(27)29-3)9-17(30-22)20-14-8-13(23)5-6-16(14)26-21(20)28/h4-10H,11H2,1-3H3,(H,24,25)(H,26,28). The van der Waals surface area contributed by atoms with Crippen LogP contribution in [-0.2, 0) is 19.1 Å². The van der Waals surface area contributed by atoms with Crippen LogP contribution in [0.15, 0.2) is 48.4 Å². The van der Waals surface area contributed by atoms with Gasteiger partial charge in [-0.15, -0.1) is 0 Å². The third-order valence-corrected chi connectivity index (χ3v) is 4.98. The summed E-state index contributed by atoms with van der Waals surface area (Å²) in [7, 11) is 1.32. The molecule has 0 radical (unpaired) electrons. The molecule has 0 spiro atoms. The number of carbonyl (C=O) groups excluding carboxylic acids is 2. The van der Waals surface area contributed by atoms with E-state index in [9.17, 15) is 14.0 Å². The number of aromatic nitrogens is 1. The second-order valence-electron chi connectivity index (χ2n) is 7.42. The van der Waals surface area contributed by atoms with Crippen molar-refractivity contribution in [2.24, 2.45) is 0 Å². The molecular weight excluding hydrogens is 389 g/mol. The van der Waals surface area contributed by atoms with Crippen LogP contribution in [0.4, 0.5) is 15.9 Å². The SMILES string of the molecule is COC(=O)CNc1ccc(C2=CC(=C3C(=O)Nc4ccc(F)cc43)OC2(C)C)cn1. The number of esters is 1. The Morgan fingerprint density at radius 3 is 2.80 bits per heavy atom. The molecule has 1 aromatic carbocycles. The van der Waals surface area contributed by atoms with E-state index >= 15 is 0 Å². The number of halogens is 1. The van der Waals surface area contributed by atoms with Crippen LogP contribution in [0.3, 0.4) is 0 Å². The van der Waals surface area contributed by atoms with Gasteiger partial charge in [-0.25, -0.2) is 9.37 Å². The Morgan fingerprint density at radius 1 is 1.30 bits per heavy atom. The Kier molecular flexibility index (Phi) is 4.77. The summed E-state index contributed by atoms with van der Waals surface area (Å²) in [4.78, 5) is 28.1. The van der Waals surface area contributed by atoms with Gasteiger partial charge in [0, 0.05) is 28.6 Å². The van der Waals surface area contributed by atoms with E-state index in [1.54, 1.807) is 18.3 Å². The predicted octanol–water partition coefficient (Wildman–Crippen LogP) is 3.36. The molecule has 0 saturated carbocycles. The molecule has 30 heavy (non-hydrogen) atoms. The fraction of sp³-hybridized carbons (Fsp3) is 0.227. The van der Waals surface area contributed by atoms with Crippen LogP contribution in [0.5, 0.6) is 0 Å². The first-order chi connectivity index (χ1) is 14.3. The van der Waals surface area contributed by atoms with Gasteiger partial charge in [0.2, 0.25) is 0 Å². The molecule has 0 aliphatic carbocycles. The first-order valence-corrected chi connectivity index (χ1v) is 9.32. The second-order valence-corrected chi connectivity index (χ2v) is 7.42. The Balaban J connectivity index is 1.67. The molecule has 0 atom stereocenters. The summed E-state index contributed by atoms with van der Waals surface area (Å²) in [5, 5.41) is 5.61. The Labute approximate surface area is 172 Å². The minimum Gasteiger partial charge on any atom is -0.482 e. The molecule has 1 amide bonds. The molecule has 2 N–H and O–H groups in total. The quantitative estimate of drug-likeness (QED) is 0.595. The molecule has 7 nitrogen and oxygen atoms in total. The number of benzene rings is 1. The molecule has 3 heterocycles. The number of pyridine rings is 1. The number of hydrogen-bond donors (Lipinski definition) is 2. The summed E-state index contributed by atoms with van der Waals surface area (Å²) in [6.45, 7) is 3.78. The molecule has 0 unspecified atom stereocenters. The number of amides is 1. The maximum Gasteiger partial charge on any atom is 0.325 e. The van der Waals surface area contributed by atoms with Gasteiger partial charge >= 0.3 is 5.97 Å². The summed E-state index contributed by atoms with van der Waals surface area (Å²) in [5.41, 5.74) is 2.24. The lowest BCUT2D eigenvalue weighted by molar-refractivity contribution is -0.138. The number of hydrogen-bond acceptors (Lipinski definition) is 6. The minimum absolute atomic E-state index is 0.0154. The summed E-state index contributed by atoms with van der Waals surface area (Å²) in [6, 6.07) is 7.74. The fourth-order valence-corrected chi connectivity index (χ4v) is 3.50. The zero-order chi connectivity index (χ0) is 21.5. The monoisotopic (exact) mass is 409 g/mol. The largest absolute Gasteiger partial charge is 0.482 e. The highest BCUT2D eigenvalue weighted by molar-refractivity contribution is 6.32. The summed E-state index contributed by atoms with van der Waals surface area (Å²) in [5.74, 6) is -0.246. The van der Waals surface area contributed by atoms with Crippen LogP contribution in [0.1, 0.15) is 25.0 Å². The number of nitrogens with one attached hydrogen (secondary N) is 2. The predicted molar refractivity (Wildman–Crippen MR) is 110 cm³/mol. The zero-order valence-electron chi connectivity index (χ0n) is 16.7. The molecule has 0 fully saturated rings. The number of ether oxygens (including phenoxy) is 2. The van der Waals surface area contributed by atoms with E-state index < -0.39 is 17.4 Å². The molecule has 1 aromatic heterocycles. The lowest BCUT2D eigenvalue weighted by atomic mass is 9.93. The topological polar surface area (TPSA) is 89.5 Å². The van der Waals surface area contributed by atoms with Gasteiger partial charge in [0.1, 0.15) is 29.5 Å². The first kappa shape index (κ1) is 19.6. The smallest absolute Gasteiger partial charge is 0.325 e. The lowest BCUT2D eigenvalue weighted by Crippen LogP contribution is -2.21. The van der Waals surface area contributed by atoms with E-state index in [4.69, 9.17) is 4.74 Å². The Hall–Kier alpha value is -3.68. The van der Waals surface area contributed by atoms with Crippen LogP contribution in [0, 0.1) is 5.82 Å². The van der Waals surface area contributed by atoms with Crippen molar-refractivity contribution >= 4 is 34.5 Å². The zero-order valence-corrected chi connectivity index (χ0v) is 16.7. The molecular formula is C22H20FN3O4. The van der Waals surface area contributed by atoms with Gasteiger partial charge in [-0.1, -0.05) is 0 Å². The van der Waals surface area contributed by atoms with Crippen molar-refractivity contribution in [1.29, 1.82) is 0 Å². The van der Waals surface area contributed by atoms with Crippen molar-refractivity contribution in [2.45, 2.75) is 19.4 Å². The molecule has 0 saturated heterocycles. The van der Waals surface area contributed by atoms with Gasteiger partial charge in [0.05, 0.1) is 12.7 Å². The summed E-state index contributed by atoms with van der Waals surface area (Å²) < 4.78 is 24.4. The number of rotatable bonds is 4. The van der Waals surface area contributed by atoms with Crippen molar-refractivity contribution in [3.63, 3.8) is 0 Å². The first-order valence-electron chi connectivity index (χ1n) is 9.32. The summed E-state index contributed by atoms with van der Waals surface area (Å²) >= 11 is 0. The van der Waals surface area contributed by atoms with Crippen LogP contribution >= 0.6 is 0 Å². The Morgan fingerprint density at radius 2 is 2.10 bits per heavy atom. The third kappa shape index (κ3) is 3.52. The van der Waals surface area contributed by atoms with Crippen LogP contribution in [0.25, 0.3) is 11.1 Å². The van der Waals surface area contributed by atoms with Crippen molar-refractivity contribution in [2.75, 3.05) is 24.3 Å². The van der Waals surface area contributed by atoms with E-state index in [1.807, 2.05) is 19.9 Å². The van der Waals surface area contributed by atoms with E-state index in [2.05, 4.69) is 20.4 Å². The van der Waals surface area contributed by atoms with E-state index in [-0.39, 0.29) is 12.5 Å². The van der Waals surface area contributed by atoms with Crippen molar-refractivity contribution in [3.8, 4) is 0 Å². The molecule has 2 aliphatic heterocycles. The number of carbonyl (C=O) groups is 2. The van der Waals surface area contributed by atoms with Crippen LogP contribution in [-0.4, -0.2) is 36.1 Å². The average molecular weight is 409 g/mol. The Bertz CT molecular complexity index is 1100. The lowest BCUT2D eigenvalue weighted by Gasteiger charge is -2.23. The van der Waals surface area contributed by atoms with Crippen LogP contribution < -0.4 is 10.6 Å². The number of methoxy groups -OCH3 is 1. The van der Waals surface area contributed by atoms with Crippen molar-refractivity contribution in [3.05, 3.63) is 65.3 Å². The molecule has 2 aliphatic rings. The molecule has 4 rings (SSSR count). The summed E-state index contributed by atoms with van der Waals surface area (Å²) in [6.07, 6.45) is 3.44. The molecule has 0 bridgehead atoms. The van der Waals surface area contributed by atoms with Crippen LogP contribution in [0.2, 0.25) is 0 Å². The molecule has 154 valence electrons. The van der Waals surface area contributed by atoms with Gasteiger partial charge in [0.15, 0.2) is 0 Å². The van der Waals surface area contributed by atoms with Gasteiger partial charge in [-0.2, -0.15) is 0 Å². The van der Waals surface area contributed by atoms with E-state index in [1.165, 1.54) is 25.3 Å². The molecule has 8 heteroatoms. The van der Waals surface area contributed by atoms with Gasteiger partial charge in [-0.3, -0.25) is 9.59 Å². The number of fused-ring (bicyclic) bond motifs is 1. The number of nitrogens with zero attached hydrogens (tertiary/aromatic N) is 1. The van der Waals surface area contributed by atoms with Gasteiger partial charge < -0.3 is 20.1 Å². The normalized spacial score (nSPS) is 18.9. The number of allylic oxidation sites excluding steroid dienone is 1. The fourth-order valence-electron chi connectivity index (χ4n) is 3.50. The van der Waals surface area contributed by atoms with Crippen molar-refractivity contribution < 1.29 is 23.5 Å². The number of anilines is 2.